The predicted molar refractivity (Wildman–Crippen MR) is 108 cm³/mol. The normalized spacial score (nSPS) is 19.3. The average molecular weight is 382 g/mol. The lowest BCUT2D eigenvalue weighted by molar-refractivity contribution is -0.146. The van der Waals surface area contributed by atoms with Crippen LogP contribution in [0.5, 0.6) is 5.75 Å². The fraction of sp³-hybridized carbons (Fsp3) is 0.381. The van der Waals surface area contributed by atoms with Crippen LogP contribution >= 0.6 is 0 Å². The van der Waals surface area contributed by atoms with Crippen LogP contribution in [0.15, 0.2) is 30.5 Å². The Morgan fingerprint density at radius 3 is 2.54 bits per heavy atom. The highest BCUT2D eigenvalue weighted by molar-refractivity contribution is 6.39. The van der Waals surface area contributed by atoms with Gasteiger partial charge < -0.3 is 21.1 Å². The van der Waals surface area contributed by atoms with Crippen molar-refractivity contribution in [2.75, 3.05) is 17.6 Å². The number of pyridine rings is 1. The van der Waals surface area contributed by atoms with E-state index in [1.807, 2.05) is 13.8 Å². The summed E-state index contributed by atoms with van der Waals surface area (Å²) in [6.07, 6.45) is 3.21. The molecule has 1 saturated heterocycles. The fourth-order valence-corrected chi connectivity index (χ4v) is 3.57. The Bertz CT molecular complexity index is 895. The van der Waals surface area contributed by atoms with Gasteiger partial charge in [0.05, 0.1) is 17.9 Å². The van der Waals surface area contributed by atoms with E-state index in [0.29, 0.717) is 24.0 Å². The van der Waals surface area contributed by atoms with Crippen LogP contribution in [-0.2, 0) is 9.59 Å². The highest BCUT2D eigenvalue weighted by atomic mass is 16.3. The number of amides is 2. The number of nitrogens with two attached hydrogens (primary N) is 1. The number of aromatic nitrogens is 1. The molecule has 0 bridgehead atoms. The van der Waals surface area contributed by atoms with Crippen LogP contribution in [0.1, 0.15) is 42.5 Å². The zero-order chi connectivity index (χ0) is 20.4. The van der Waals surface area contributed by atoms with Crippen molar-refractivity contribution >= 4 is 23.3 Å². The third-order valence-electron chi connectivity index (χ3n) is 5.48. The van der Waals surface area contributed by atoms with E-state index in [0.717, 1.165) is 29.5 Å². The fourth-order valence-electron chi connectivity index (χ4n) is 3.57. The molecule has 1 aliphatic rings. The Morgan fingerprint density at radius 1 is 1.18 bits per heavy atom. The van der Waals surface area contributed by atoms with Crippen molar-refractivity contribution in [2.45, 2.75) is 39.7 Å². The number of nitrogen functional groups attached to an aromatic ring is 1. The first-order valence-electron chi connectivity index (χ1n) is 9.40. The van der Waals surface area contributed by atoms with Crippen LogP contribution < -0.4 is 11.1 Å². The summed E-state index contributed by atoms with van der Waals surface area (Å²) in [6, 6.07) is 6.60. The largest absolute Gasteiger partial charge is 0.508 e. The zero-order valence-electron chi connectivity index (χ0n) is 16.4. The van der Waals surface area contributed by atoms with Crippen LogP contribution in [0, 0.1) is 19.8 Å². The first-order valence-corrected chi connectivity index (χ1v) is 9.40. The molecule has 3 rings (SSSR count). The Balaban J connectivity index is 1.82. The lowest BCUT2D eigenvalue weighted by Crippen LogP contribution is -2.46. The molecule has 0 aliphatic carbocycles. The van der Waals surface area contributed by atoms with E-state index in [4.69, 9.17) is 5.73 Å². The molecule has 7 heteroatoms. The van der Waals surface area contributed by atoms with Gasteiger partial charge in [-0.05, 0) is 61.4 Å². The van der Waals surface area contributed by atoms with E-state index >= 15 is 0 Å². The third kappa shape index (κ3) is 3.93. The van der Waals surface area contributed by atoms with E-state index in [9.17, 15) is 14.7 Å². The van der Waals surface area contributed by atoms with Crippen molar-refractivity contribution in [3.63, 3.8) is 0 Å². The number of carbonyl (C=O) groups is 2. The maximum atomic E-state index is 13.0. The molecule has 1 aliphatic heterocycles. The molecule has 2 aromatic rings. The van der Waals surface area contributed by atoms with Crippen molar-refractivity contribution in [3.8, 4) is 5.75 Å². The van der Waals surface area contributed by atoms with Crippen molar-refractivity contribution in [2.24, 2.45) is 5.92 Å². The molecule has 7 nitrogen and oxygen atoms in total. The molecule has 0 saturated carbocycles. The summed E-state index contributed by atoms with van der Waals surface area (Å²) in [5.74, 6) is -0.373. The Labute approximate surface area is 164 Å². The number of likely N-dealkylation sites (tertiary alicyclic amines) is 1. The first-order chi connectivity index (χ1) is 13.3. The minimum absolute atomic E-state index is 0.172. The van der Waals surface area contributed by atoms with Crippen LogP contribution in [-0.4, -0.2) is 33.3 Å². The van der Waals surface area contributed by atoms with Crippen LogP contribution in [0.3, 0.4) is 0 Å². The van der Waals surface area contributed by atoms with Gasteiger partial charge in [-0.25, -0.2) is 4.98 Å². The van der Waals surface area contributed by atoms with E-state index in [2.05, 4.69) is 17.2 Å². The van der Waals surface area contributed by atoms with Gasteiger partial charge in [0.15, 0.2) is 0 Å². The molecular formula is C21H26N4O3. The van der Waals surface area contributed by atoms with E-state index in [1.54, 1.807) is 29.2 Å². The molecule has 2 heterocycles. The summed E-state index contributed by atoms with van der Waals surface area (Å²) in [4.78, 5) is 31.4. The van der Waals surface area contributed by atoms with Gasteiger partial charge in [0.2, 0.25) is 0 Å². The number of anilines is 2. The van der Waals surface area contributed by atoms with Gasteiger partial charge in [-0.3, -0.25) is 9.59 Å². The molecule has 148 valence electrons. The van der Waals surface area contributed by atoms with Crippen molar-refractivity contribution in [1.82, 2.24) is 9.88 Å². The maximum Gasteiger partial charge on any atom is 0.313 e. The average Bonchev–Trinajstić information content (AvgIpc) is 2.68. The lowest BCUT2D eigenvalue weighted by atomic mass is 9.89. The number of piperidine rings is 1. The highest BCUT2D eigenvalue weighted by Crippen LogP contribution is 2.34. The number of benzene rings is 1. The second-order valence-electron chi connectivity index (χ2n) is 7.51. The van der Waals surface area contributed by atoms with E-state index < -0.39 is 11.8 Å². The molecule has 1 aromatic heterocycles. The van der Waals surface area contributed by atoms with Crippen molar-refractivity contribution < 1.29 is 14.7 Å². The molecule has 1 fully saturated rings. The second kappa shape index (κ2) is 7.88. The zero-order valence-corrected chi connectivity index (χ0v) is 16.4. The number of phenols is 1. The molecule has 2 atom stereocenters. The minimum atomic E-state index is -0.688. The van der Waals surface area contributed by atoms with Gasteiger partial charge >= 0.3 is 11.8 Å². The van der Waals surface area contributed by atoms with Gasteiger partial charge in [-0.2, -0.15) is 0 Å². The van der Waals surface area contributed by atoms with Gasteiger partial charge in [-0.1, -0.05) is 19.1 Å². The van der Waals surface area contributed by atoms with Crippen molar-refractivity contribution in [3.05, 3.63) is 47.2 Å². The summed E-state index contributed by atoms with van der Waals surface area (Å²) in [5, 5.41) is 12.2. The third-order valence-corrected chi connectivity index (χ3v) is 5.48. The number of hydrogen-bond donors (Lipinski definition) is 3. The molecule has 0 radical (unpaired) electrons. The van der Waals surface area contributed by atoms with Gasteiger partial charge in [0, 0.05) is 6.54 Å². The summed E-state index contributed by atoms with van der Waals surface area (Å²) in [6.45, 7) is 6.23. The molecule has 2 unspecified atom stereocenters. The quantitative estimate of drug-likeness (QED) is 0.692. The van der Waals surface area contributed by atoms with Crippen molar-refractivity contribution in [1.29, 1.82) is 0 Å². The van der Waals surface area contributed by atoms with E-state index in [1.165, 1.54) is 6.20 Å². The second-order valence-corrected chi connectivity index (χ2v) is 7.51. The number of aromatic hydroxyl groups is 1. The van der Waals surface area contributed by atoms with Gasteiger partial charge in [-0.15, -0.1) is 0 Å². The number of hydrogen-bond acceptors (Lipinski definition) is 5. The minimum Gasteiger partial charge on any atom is -0.508 e. The number of nitrogens with zero attached hydrogens (tertiary/aromatic N) is 2. The monoisotopic (exact) mass is 382 g/mol. The number of carbonyl (C=O) groups excluding carboxylic acids is 2. The number of rotatable bonds is 2. The molecule has 0 spiro atoms. The lowest BCUT2D eigenvalue weighted by Gasteiger charge is -2.38. The van der Waals surface area contributed by atoms with Gasteiger partial charge in [0.1, 0.15) is 11.6 Å². The summed E-state index contributed by atoms with van der Waals surface area (Å²) < 4.78 is 0. The van der Waals surface area contributed by atoms with E-state index in [-0.39, 0.29) is 11.8 Å². The SMILES string of the molecule is Cc1c(NC(=O)C(=O)N2CC(C)CCC2c2ccc(O)cc2)cnc(N)c1C. The molecule has 2 amide bonds. The van der Waals surface area contributed by atoms with Gasteiger partial charge in [0.25, 0.3) is 0 Å². The summed E-state index contributed by atoms with van der Waals surface area (Å²) in [5.41, 5.74) is 8.75. The maximum absolute atomic E-state index is 13.0. The Kier molecular flexibility index (Phi) is 5.53. The Hall–Kier alpha value is -3.09. The highest BCUT2D eigenvalue weighted by Gasteiger charge is 2.34. The number of nitrogens with one attached hydrogen (secondary N) is 1. The van der Waals surface area contributed by atoms with Crippen LogP contribution in [0.4, 0.5) is 11.5 Å². The molecule has 4 N–H and O–H groups in total. The summed E-state index contributed by atoms with van der Waals surface area (Å²) >= 11 is 0. The smallest absolute Gasteiger partial charge is 0.313 e. The molecule has 1 aromatic carbocycles. The van der Waals surface area contributed by atoms with Crippen LogP contribution in [0.25, 0.3) is 0 Å². The topological polar surface area (TPSA) is 109 Å². The predicted octanol–water partition coefficient (Wildman–Crippen LogP) is 2.92. The number of phenolic OH excluding ortho intramolecular Hbond substituents is 1. The molecular weight excluding hydrogens is 356 g/mol. The van der Waals surface area contributed by atoms with Crippen LogP contribution in [0.2, 0.25) is 0 Å². The standard InChI is InChI=1S/C21H26N4O3/c1-12-4-9-18(15-5-7-16(26)8-6-15)25(11-12)21(28)20(27)24-17-10-23-19(22)14(3)13(17)2/h5-8,10,12,18,26H,4,9,11H2,1-3H3,(H2,22,23)(H,24,27). The first kappa shape index (κ1) is 19.7. The molecule has 28 heavy (non-hydrogen) atoms. The Morgan fingerprint density at radius 2 is 1.86 bits per heavy atom. The summed E-state index contributed by atoms with van der Waals surface area (Å²) in [7, 11) is 0.